The van der Waals surface area contributed by atoms with Crippen LogP contribution >= 0.6 is 0 Å². The Morgan fingerprint density at radius 3 is 2.31 bits per heavy atom. The molecule has 1 nitrogen and oxygen atoms in total. The molecule has 3 rings (SSSR count). The largest absolute Gasteiger partial charge is 0.308 e. The Balaban J connectivity index is 1.81. The molecular weight excluding hydrogens is 158 g/mol. The highest BCUT2D eigenvalue weighted by atomic mass is 15.2. The number of piperidine rings is 1. The minimum atomic E-state index is 0.830. The molecule has 0 spiro atoms. The Labute approximate surface area is 79.2 Å². The summed E-state index contributed by atoms with van der Waals surface area (Å²) in [5.41, 5.74) is 2.91. The standard InChI is InChI=1S/C12H15N/c1-8-2-4-9(5-3-8)10-6-11-12(7-10)13-11/h2-5,10-13H,6-7H2,1H3/t10?,11-,12?/m1/s1. The molecule has 13 heavy (non-hydrogen) atoms. The molecule has 1 heterocycles. The summed E-state index contributed by atoms with van der Waals surface area (Å²) < 4.78 is 0. The molecule has 0 amide bonds. The molecule has 1 N–H and O–H groups in total. The van der Waals surface area contributed by atoms with E-state index in [-0.39, 0.29) is 0 Å². The van der Waals surface area contributed by atoms with Gasteiger partial charge in [0.25, 0.3) is 0 Å². The highest BCUT2D eigenvalue weighted by Gasteiger charge is 2.45. The second kappa shape index (κ2) is 2.58. The van der Waals surface area contributed by atoms with Gasteiger partial charge in [0.1, 0.15) is 0 Å². The normalized spacial score (nSPS) is 35.9. The maximum absolute atomic E-state index is 3.48. The van der Waals surface area contributed by atoms with Crippen LogP contribution in [0.2, 0.25) is 0 Å². The number of benzene rings is 1. The quantitative estimate of drug-likeness (QED) is 0.646. The molecule has 1 heteroatoms. The maximum atomic E-state index is 3.48. The van der Waals surface area contributed by atoms with Gasteiger partial charge in [-0.15, -0.1) is 0 Å². The van der Waals surface area contributed by atoms with Crippen LogP contribution in [0.25, 0.3) is 0 Å². The fourth-order valence-electron chi connectivity index (χ4n) is 2.50. The number of aryl methyl sites for hydroxylation is 1. The van der Waals surface area contributed by atoms with Gasteiger partial charge in [-0.1, -0.05) is 29.8 Å². The average Bonchev–Trinajstić information content (AvgIpc) is 2.75. The molecule has 0 radical (unpaired) electrons. The third-order valence-corrected chi connectivity index (χ3v) is 3.43. The third kappa shape index (κ3) is 1.28. The molecule has 0 bridgehead atoms. The molecule has 2 aliphatic rings. The Kier molecular flexibility index (Phi) is 1.50. The van der Waals surface area contributed by atoms with Gasteiger partial charge in [-0.3, -0.25) is 0 Å². The zero-order valence-electron chi connectivity index (χ0n) is 7.96. The predicted octanol–water partition coefficient (Wildman–Crippen LogP) is 2.21. The van der Waals surface area contributed by atoms with E-state index in [0.717, 1.165) is 18.0 Å². The van der Waals surface area contributed by atoms with Crippen molar-refractivity contribution >= 4 is 0 Å². The van der Waals surface area contributed by atoms with Crippen LogP contribution in [-0.2, 0) is 0 Å². The zero-order chi connectivity index (χ0) is 8.84. The monoisotopic (exact) mass is 173 g/mol. The Morgan fingerprint density at radius 2 is 1.69 bits per heavy atom. The summed E-state index contributed by atoms with van der Waals surface area (Å²) in [6.07, 6.45) is 2.71. The fourth-order valence-corrected chi connectivity index (χ4v) is 2.50. The van der Waals surface area contributed by atoms with Gasteiger partial charge < -0.3 is 5.32 Å². The summed E-state index contributed by atoms with van der Waals surface area (Å²) in [4.78, 5) is 0. The zero-order valence-corrected chi connectivity index (χ0v) is 7.96. The molecule has 1 saturated heterocycles. The third-order valence-electron chi connectivity index (χ3n) is 3.43. The first kappa shape index (κ1) is 7.57. The molecule has 3 atom stereocenters. The first-order chi connectivity index (χ1) is 6.33. The molecule has 2 unspecified atom stereocenters. The maximum Gasteiger partial charge on any atom is 0.0230 e. The fraction of sp³-hybridized carbons (Fsp3) is 0.500. The molecule has 1 saturated carbocycles. The van der Waals surface area contributed by atoms with E-state index < -0.39 is 0 Å². The van der Waals surface area contributed by atoms with Crippen LogP contribution in [0.3, 0.4) is 0 Å². The van der Waals surface area contributed by atoms with Crippen molar-refractivity contribution in [3.05, 3.63) is 35.4 Å². The minimum absolute atomic E-state index is 0.830. The van der Waals surface area contributed by atoms with Crippen molar-refractivity contribution in [2.45, 2.75) is 37.8 Å². The summed E-state index contributed by atoms with van der Waals surface area (Å²) in [6.45, 7) is 2.15. The van der Waals surface area contributed by atoms with Gasteiger partial charge in [0.2, 0.25) is 0 Å². The van der Waals surface area contributed by atoms with Gasteiger partial charge in [-0.05, 0) is 31.2 Å². The van der Waals surface area contributed by atoms with E-state index in [0.29, 0.717) is 0 Å². The minimum Gasteiger partial charge on any atom is -0.308 e. The molecular formula is C12H15N. The van der Waals surface area contributed by atoms with Gasteiger partial charge in [0.15, 0.2) is 0 Å². The molecule has 68 valence electrons. The first-order valence-corrected chi connectivity index (χ1v) is 5.15. The highest BCUT2D eigenvalue weighted by molar-refractivity contribution is 5.28. The Morgan fingerprint density at radius 1 is 1.08 bits per heavy atom. The average molecular weight is 173 g/mol. The van der Waals surface area contributed by atoms with Crippen molar-refractivity contribution in [3.8, 4) is 0 Å². The van der Waals surface area contributed by atoms with Crippen molar-refractivity contribution in [1.29, 1.82) is 0 Å². The van der Waals surface area contributed by atoms with E-state index in [9.17, 15) is 0 Å². The van der Waals surface area contributed by atoms with Crippen molar-refractivity contribution in [2.24, 2.45) is 0 Å². The Bertz CT molecular complexity index is 304. The second-order valence-corrected chi connectivity index (χ2v) is 4.46. The summed E-state index contributed by atoms with van der Waals surface area (Å²) in [7, 11) is 0. The van der Waals surface area contributed by atoms with E-state index in [1.807, 2.05) is 0 Å². The van der Waals surface area contributed by atoms with Gasteiger partial charge in [-0.2, -0.15) is 0 Å². The van der Waals surface area contributed by atoms with E-state index in [1.54, 1.807) is 5.56 Å². The van der Waals surface area contributed by atoms with Crippen molar-refractivity contribution in [2.75, 3.05) is 0 Å². The van der Waals surface area contributed by atoms with Crippen LogP contribution in [0, 0.1) is 6.92 Å². The van der Waals surface area contributed by atoms with Crippen LogP contribution < -0.4 is 5.32 Å². The molecule has 1 aliphatic carbocycles. The van der Waals surface area contributed by atoms with Crippen LogP contribution in [0.5, 0.6) is 0 Å². The topological polar surface area (TPSA) is 21.9 Å². The smallest absolute Gasteiger partial charge is 0.0230 e. The summed E-state index contributed by atoms with van der Waals surface area (Å²) in [5, 5.41) is 3.48. The van der Waals surface area contributed by atoms with Crippen LogP contribution in [0.15, 0.2) is 24.3 Å². The lowest BCUT2D eigenvalue weighted by Gasteiger charge is -2.11. The predicted molar refractivity (Wildman–Crippen MR) is 53.9 cm³/mol. The van der Waals surface area contributed by atoms with E-state index >= 15 is 0 Å². The summed E-state index contributed by atoms with van der Waals surface area (Å²) >= 11 is 0. The van der Waals surface area contributed by atoms with Gasteiger partial charge in [-0.25, -0.2) is 0 Å². The first-order valence-electron chi connectivity index (χ1n) is 5.15. The van der Waals surface area contributed by atoms with E-state index in [4.69, 9.17) is 0 Å². The molecule has 0 aromatic heterocycles. The molecule has 1 aromatic rings. The van der Waals surface area contributed by atoms with Gasteiger partial charge in [0, 0.05) is 12.1 Å². The number of hydrogen-bond donors (Lipinski definition) is 1. The number of nitrogens with one attached hydrogen (secondary N) is 1. The SMILES string of the molecule is Cc1ccc(C2CC3N[C@@H]3C2)cc1. The lowest BCUT2D eigenvalue weighted by molar-refractivity contribution is 0.633. The lowest BCUT2D eigenvalue weighted by Crippen LogP contribution is -2.03. The summed E-state index contributed by atoms with van der Waals surface area (Å²) in [5.74, 6) is 0.830. The van der Waals surface area contributed by atoms with E-state index in [1.165, 1.54) is 18.4 Å². The van der Waals surface area contributed by atoms with Crippen LogP contribution in [-0.4, -0.2) is 12.1 Å². The summed E-state index contributed by atoms with van der Waals surface area (Å²) in [6, 6.07) is 10.8. The highest BCUT2D eigenvalue weighted by Crippen LogP contribution is 2.41. The second-order valence-electron chi connectivity index (χ2n) is 4.46. The van der Waals surface area contributed by atoms with E-state index in [2.05, 4.69) is 36.5 Å². The molecule has 2 fully saturated rings. The van der Waals surface area contributed by atoms with Gasteiger partial charge >= 0.3 is 0 Å². The lowest BCUT2D eigenvalue weighted by atomic mass is 9.96. The number of fused-ring (bicyclic) bond motifs is 1. The van der Waals surface area contributed by atoms with Gasteiger partial charge in [0.05, 0.1) is 0 Å². The van der Waals surface area contributed by atoms with Crippen molar-refractivity contribution < 1.29 is 0 Å². The molecule has 1 aromatic carbocycles. The van der Waals surface area contributed by atoms with Crippen molar-refractivity contribution in [1.82, 2.24) is 5.32 Å². The number of hydrogen-bond acceptors (Lipinski definition) is 1. The molecule has 1 aliphatic heterocycles. The van der Waals surface area contributed by atoms with Crippen molar-refractivity contribution in [3.63, 3.8) is 0 Å². The number of rotatable bonds is 1. The van der Waals surface area contributed by atoms with Crippen LogP contribution in [0.1, 0.15) is 29.9 Å². The Hall–Kier alpha value is -0.820. The van der Waals surface area contributed by atoms with Crippen LogP contribution in [0.4, 0.5) is 0 Å².